The molecule has 4 heteroatoms. The molecular weight excluding hydrogens is 194 g/mol. The van der Waals surface area contributed by atoms with Crippen molar-refractivity contribution < 1.29 is 15.0 Å². The number of rotatable bonds is 8. The summed E-state index contributed by atoms with van der Waals surface area (Å²) >= 11 is 0. The van der Waals surface area contributed by atoms with Gasteiger partial charge >= 0.3 is 5.97 Å². The Labute approximate surface area is 91.7 Å². The molecule has 0 aromatic heterocycles. The molecule has 0 rings (SSSR count). The fourth-order valence-corrected chi connectivity index (χ4v) is 1.28. The molecule has 3 N–H and O–H groups in total. The van der Waals surface area contributed by atoms with Crippen LogP contribution in [0.5, 0.6) is 0 Å². The molecule has 0 bridgehead atoms. The van der Waals surface area contributed by atoms with Crippen LogP contribution < -0.4 is 5.32 Å². The van der Waals surface area contributed by atoms with Crippen LogP contribution in [0.25, 0.3) is 0 Å². The van der Waals surface area contributed by atoms with Crippen LogP contribution in [0.15, 0.2) is 0 Å². The van der Waals surface area contributed by atoms with Crippen LogP contribution in [0.3, 0.4) is 0 Å². The van der Waals surface area contributed by atoms with Crippen molar-refractivity contribution in [2.75, 3.05) is 13.2 Å². The van der Waals surface area contributed by atoms with Gasteiger partial charge in [0.15, 0.2) is 0 Å². The molecule has 0 saturated carbocycles. The van der Waals surface area contributed by atoms with E-state index in [9.17, 15) is 4.79 Å². The standard InChI is InChI=1S/C11H23NO3/c1-9(4-5-10(14)15)12-8-11(2,3)6-7-13/h9,12-13H,4-8H2,1-3H3,(H,14,15). The number of hydrogen-bond acceptors (Lipinski definition) is 3. The highest BCUT2D eigenvalue weighted by Gasteiger charge is 2.17. The van der Waals surface area contributed by atoms with Crippen molar-refractivity contribution in [2.45, 2.75) is 46.1 Å². The van der Waals surface area contributed by atoms with Gasteiger partial charge in [-0.05, 0) is 25.2 Å². The summed E-state index contributed by atoms with van der Waals surface area (Å²) < 4.78 is 0. The van der Waals surface area contributed by atoms with Gasteiger partial charge in [-0.3, -0.25) is 4.79 Å². The first kappa shape index (κ1) is 14.4. The van der Waals surface area contributed by atoms with Gasteiger partial charge in [-0.25, -0.2) is 0 Å². The number of aliphatic hydroxyl groups excluding tert-OH is 1. The van der Waals surface area contributed by atoms with E-state index in [4.69, 9.17) is 10.2 Å². The zero-order valence-electron chi connectivity index (χ0n) is 9.92. The van der Waals surface area contributed by atoms with Crippen LogP contribution >= 0.6 is 0 Å². The Hall–Kier alpha value is -0.610. The number of nitrogens with one attached hydrogen (secondary N) is 1. The SMILES string of the molecule is CC(CCC(=O)O)NCC(C)(C)CCO. The second-order valence-corrected chi connectivity index (χ2v) is 4.85. The van der Waals surface area contributed by atoms with E-state index >= 15 is 0 Å². The zero-order chi connectivity index (χ0) is 11.9. The predicted molar refractivity (Wildman–Crippen MR) is 59.8 cm³/mol. The molecule has 0 radical (unpaired) electrons. The highest BCUT2D eigenvalue weighted by atomic mass is 16.4. The third-order valence-corrected chi connectivity index (χ3v) is 2.51. The summed E-state index contributed by atoms with van der Waals surface area (Å²) in [6.07, 6.45) is 1.60. The van der Waals surface area contributed by atoms with Crippen molar-refractivity contribution in [2.24, 2.45) is 5.41 Å². The van der Waals surface area contributed by atoms with Gasteiger partial charge in [-0.1, -0.05) is 13.8 Å². The average molecular weight is 217 g/mol. The first-order valence-electron chi connectivity index (χ1n) is 5.43. The van der Waals surface area contributed by atoms with Gasteiger partial charge in [-0.2, -0.15) is 0 Å². The second kappa shape index (κ2) is 6.80. The van der Waals surface area contributed by atoms with Gasteiger partial charge in [0.1, 0.15) is 0 Å². The lowest BCUT2D eigenvalue weighted by Gasteiger charge is -2.26. The number of carboxylic acid groups (broad SMARTS) is 1. The van der Waals surface area contributed by atoms with Crippen molar-refractivity contribution in [3.05, 3.63) is 0 Å². The highest BCUT2D eigenvalue weighted by Crippen LogP contribution is 2.18. The van der Waals surface area contributed by atoms with Gasteiger partial charge in [0, 0.05) is 25.6 Å². The zero-order valence-corrected chi connectivity index (χ0v) is 9.92. The minimum absolute atomic E-state index is 0.0617. The minimum atomic E-state index is -0.752. The van der Waals surface area contributed by atoms with Gasteiger partial charge in [-0.15, -0.1) is 0 Å². The van der Waals surface area contributed by atoms with Crippen molar-refractivity contribution >= 4 is 5.97 Å². The monoisotopic (exact) mass is 217 g/mol. The fraction of sp³-hybridized carbons (Fsp3) is 0.909. The molecule has 0 aliphatic rings. The quantitative estimate of drug-likeness (QED) is 0.572. The Kier molecular flexibility index (Phi) is 6.52. The Morgan fingerprint density at radius 2 is 2.07 bits per heavy atom. The van der Waals surface area contributed by atoms with Crippen LogP contribution in [0.2, 0.25) is 0 Å². The van der Waals surface area contributed by atoms with E-state index < -0.39 is 5.97 Å². The number of hydrogen-bond donors (Lipinski definition) is 3. The smallest absolute Gasteiger partial charge is 0.303 e. The van der Waals surface area contributed by atoms with E-state index in [2.05, 4.69) is 19.2 Å². The molecule has 15 heavy (non-hydrogen) atoms. The topological polar surface area (TPSA) is 69.6 Å². The molecule has 0 aromatic rings. The number of aliphatic hydroxyl groups is 1. The van der Waals surface area contributed by atoms with Crippen LogP contribution in [0.1, 0.15) is 40.0 Å². The van der Waals surface area contributed by atoms with Crippen LogP contribution in [-0.2, 0) is 4.79 Å². The minimum Gasteiger partial charge on any atom is -0.481 e. The van der Waals surface area contributed by atoms with E-state index in [1.165, 1.54) is 0 Å². The van der Waals surface area contributed by atoms with E-state index in [0.29, 0.717) is 6.42 Å². The molecule has 1 unspecified atom stereocenters. The fourth-order valence-electron chi connectivity index (χ4n) is 1.28. The third kappa shape index (κ3) is 8.39. The third-order valence-electron chi connectivity index (χ3n) is 2.51. The molecule has 0 aliphatic carbocycles. The summed E-state index contributed by atoms with van der Waals surface area (Å²) in [4.78, 5) is 10.3. The highest BCUT2D eigenvalue weighted by molar-refractivity contribution is 5.66. The molecular formula is C11H23NO3. The molecule has 0 amide bonds. The number of carbonyl (C=O) groups is 1. The van der Waals surface area contributed by atoms with E-state index in [1.807, 2.05) is 6.92 Å². The van der Waals surface area contributed by atoms with Crippen molar-refractivity contribution in [3.8, 4) is 0 Å². The molecule has 0 aliphatic heterocycles. The average Bonchev–Trinajstić information content (AvgIpc) is 2.11. The maximum atomic E-state index is 10.3. The van der Waals surface area contributed by atoms with E-state index in [1.54, 1.807) is 0 Å². The summed E-state index contributed by atoms with van der Waals surface area (Å²) in [5.74, 6) is -0.752. The summed E-state index contributed by atoms with van der Waals surface area (Å²) in [6, 6.07) is 0.207. The van der Waals surface area contributed by atoms with E-state index in [0.717, 1.165) is 13.0 Å². The molecule has 0 aromatic carbocycles. The second-order valence-electron chi connectivity index (χ2n) is 4.85. The van der Waals surface area contributed by atoms with Crippen molar-refractivity contribution in [3.63, 3.8) is 0 Å². The van der Waals surface area contributed by atoms with Crippen molar-refractivity contribution in [1.82, 2.24) is 5.32 Å². The van der Waals surface area contributed by atoms with Crippen LogP contribution in [0.4, 0.5) is 0 Å². The predicted octanol–water partition coefficient (Wildman–Crippen LogP) is 1.24. The summed E-state index contributed by atoms with van der Waals surface area (Å²) in [6.45, 7) is 7.14. The largest absolute Gasteiger partial charge is 0.481 e. The summed E-state index contributed by atoms with van der Waals surface area (Å²) in [5.41, 5.74) is 0.0617. The Bertz CT molecular complexity index is 192. The number of aliphatic carboxylic acids is 1. The lowest BCUT2D eigenvalue weighted by atomic mass is 9.89. The normalized spacial score (nSPS) is 13.9. The van der Waals surface area contributed by atoms with Crippen molar-refractivity contribution in [1.29, 1.82) is 0 Å². The lowest BCUT2D eigenvalue weighted by Crippen LogP contribution is -2.36. The van der Waals surface area contributed by atoms with Crippen LogP contribution in [-0.4, -0.2) is 35.4 Å². The molecule has 4 nitrogen and oxygen atoms in total. The maximum absolute atomic E-state index is 10.3. The van der Waals surface area contributed by atoms with Gasteiger partial charge < -0.3 is 15.5 Å². The molecule has 0 heterocycles. The Balaban J connectivity index is 3.69. The molecule has 90 valence electrons. The molecule has 0 fully saturated rings. The molecule has 1 atom stereocenters. The molecule has 0 spiro atoms. The maximum Gasteiger partial charge on any atom is 0.303 e. The summed E-state index contributed by atoms with van der Waals surface area (Å²) in [5, 5.41) is 20.6. The lowest BCUT2D eigenvalue weighted by molar-refractivity contribution is -0.137. The van der Waals surface area contributed by atoms with Gasteiger partial charge in [0.2, 0.25) is 0 Å². The first-order chi connectivity index (χ1) is 6.87. The number of carboxylic acids is 1. The first-order valence-corrected chi connectivity index (χ1v) is 5.43. The summed E-state index contributed by atoms with van der Waals surface area (Å²) in [7, 11) is 0. The van der Waals surface area contributed by atoms with Gasteiger partial charge in [0.25, 0.3) is 0 Å². The Morgan fingerprint density at radius 1 is 1.47 bits per heavy atom. The van der Waals surface area contributed by atoms with E-state index in [-0.39, 0.29) is 24.5 Å². The van der Waals surface area contributed by atoms with Crippen LogP contribution in [0, 0.1) is 5.41 Å². The van der Waals surface area contributed by atoms with Gasteiger partial charge in [0.05, 0.1) is 0 Å². The molecule has 0 saturated heterocycles. The Morgan fingerprint density at radius 3 is 2.53 bits per heavy atom.